The lowest BCUT2D eigenvalue weighted by Crippen LogP contribution is -2.59. The van der Waals surface area contributed by atoms with E-state index in [4.69, 9.17) is 18.9 Å². The van der Waals surface area contributed by atoms with Crippen molar-refractivity contribution in [2.45, 2.75) is 74.6 Å². The molecule has 0 bridgehead atoms. The van der Waals surface area contributed by atoms with Crippen molar-refractivity contribution in [2.75, 3.05) is 13.2 Å². The second-order valence-electron chi connectivity index (χ2n) is 7.83. The van der Waals surface area contributed by atoms with Gasteiger partial charge in [0.2, 0.25) is 0 Å². The summed E-state index contributed by atoms with van der Waals surface area (Å²) in [5.41, 5.74) is 1.39. The molecule has 2 unspecified atom stereocenters. The molecule has 2 heterocycles. The first-order valence-electron chi connectivity index (χ1n) is 10.2. The van der Waals surface area contributed by atoms with Crippen LogP contribution in [-0.2, 0) is 32.2 Å². The van der Waals surface area contributed by atoms with Gasteiger partial charge in [0.15, 0.2) is 12.6 Å². The zero-order chi connectivity index (χ0) is 23.4. The SMILES string of the molecule is OC[C@H]1OC(OCc2ccc(COC3O[C@H](CO)[C@@H](O)[C@H](O)[C@@H]3O)cc2)[C@@H](O)[C@@H](O)[C@@H]1O. The fourth-order valence-electron chi connectivity index (χ4n) is 3.50. The van der Waals surface area contributed by atoms with Gasteiger partial charge in [0, 0.05) is 0 Å². The Morgan fingerprint density at radius 3 is 1.22 bits per heavy atom. The van der Waals surface area contributed by atoms with Gasteiger partial charge in [0.05, 0.1) is 26.4 Å². The molecule has 12 heteroatoms. The lowest BCUT2D eigenvalue weighted by atomic mass is 9.99. The molecule has 32 heavy (non-hydrogen) atoms. The molecule has 0 radical (unpaired) electrons. The van der Waals surface area contributed by atoms with Crippen LogP contribution in [0.1, 0.15) is 11.1 Å². The summed E-state index contributed by atoms with van der Waals surface area (Å²) in [6.07, 6.45) is -13.5. The quantitative estimate of drug-likeness (QED) is 0.188. The average Bonchev–Trinajstić information content (AvgIpc) is 2.81. The Labute approximate surface area is 183 Å². The summed E-state index contributed by atoms with van der Waals surface area (Å²) in [7, 11) is 0. The molecule has 8 N–H and O–H groups in total. The average molecular weight is 462 g/mol. The highest BCUT2D eigenvalue weighted by Crippen LogP contribution is 2.24. The molecule has 0 spiro atoms. The minimum atomic E-state index is -1.52. The zero-order valence-corrected chi connectivity index (χ0v) is 17.1. The molecule has 0 aromatic heterocycles. The van der Waals surface area contributed by atoms with Crippen LogP contribution in [0.5, 0.6) is 0 Å². The molecule has 10 atom stereocenters. The number of rotatable bonds is 8. The van der Waals surface area contributed by atoms with E-state index in [1.807, 2.05) is 0 Å². The first-order chi connectivity index (χ1) is 15.3. The van der Waals surface area contributed by atoms with Crippen LogP contribution in [-0.4, -0.2) is 115 Å². The van der Waals surface area contributed by atoms with Crippen molar-refractivity contribution in [3.05, 3.63) is 35.4 Å². The zero-order valence-electron chi connectivity index (χ0n) is 17.1. The van der Waals surface area contributed by atoms with Gasteiger partial charge < -0.3 is 59.8 Å². The van der Waals surface area contributed by atoms with Crippen molar-refractivity contribution < 1.29 is 59.8 Å². The molecule has 2 aliphatic heterocycles. The summed E-state index contributed by atoms with van der Waals surface area (Å²) in [6.45, 7) is -1.07. The summed E-state index contributed by atoms with van der Waals surface area (Å²) in [6, 6.07) is 6.82. The molecular weight excluding hydrogens is 432 g/mol. The molecule has 1 aromatic carbocycles. The molecule has 0 aliphatic carbocycles. The van der Waals surface area contributed by atoms with Gasteiger partial charge >= 0.3 is 0 Å². The van der Waals surface area contributed by atoms with Crippen LogP contribution in [0.3, 0.4) is 0 Å². The van der Waals surface area contributed by atoms with Crippen LogP contribution in [0.4, 0.5) is 0 Å². The van der Waals surface area contributed by atoms with E-state index in [9.17, 15) is 40.9 Å². The second kappa shape index (κ2) is 11.2. The van der Waals surface area contributed by atoms with Crippen LogP contribution in [0.15, 0.2) is 24.3 Å². The van der Waals surface area contributed by atoms with Gasteiger partial charge in [-0.2, -0.15) is 0 Å². The fourth-order valence-corrected chi connectivity index (χ4v) is 3.50. The molecule has 0 amide bonds. The highest BCUT2D eigenvalue weighted by atomic mass is 16.7. The molecule has 2 aliphatic rings. The van der Waals surface area contributed by atoms with Crippen LogP contribution >= 0.6 is 0 Å². The van der Waals surface area contributed by atoms with E-state index in [0.29, 0.717) is 11.1 Å². The van der Waals surface area contributed by atoms with E-state index in [-0.39, 0.29) is 13.2 Å². The third-order valence-corrected chi connectivity index (χ3v) is 5.55. The Hall–Kier alpha value is -1.26. The smallest absolute Gasteiger partial charge is 0.187 e. The van der Waals surface area contributed by atoms with Crippen LogP contribution in [0, 0.1) is 0 Å². The van der Waals surface area contributed by atoms with Crippen molar-refractivity contribution in [1.29, 1.82) is 0 Å². The summed E-state index contributed by atoms with van der Waals surface area (Å²) < 4.78 is 21.5. The first-order valence-corrected chi connectivity index (χ1v) is 10.2. The van der Waals surface area contributed by atoms with Gasteiger partial charge in [-0.1, -0.05) is 24.3 Å². The number of aliphatic hydroxyl groups is 8. The van der Waals surface area contributed by atoms with Crippen LogP contribution in [0.2, 0.25) is 0 Å². The van der Waals surface area contributed by atoms with E-state index >= 15 is 0 Å². The van der Waals surface area contributed by atoms with Gasteiger partial charge in [-0.3, -0.25) is 0 Å². The van der Waals surface area contributed by atoms with E-state index in [2.05, 4.69) is 0 Å². The van der Waals surface area contributed by atoms with E-state index < -0.39 is 74.6 Å². The molecular formula is C20H30O12. The summed E-state index contributed by atoms with van der Waals surface area (Å²) in [5, 5.41) is 77.5. The number of benzene rings is 1. The van der Waals surface area contributed by atoms with Crippen LogP contribution in [0.25, 0.3) is 0 Å². The largest absolute Gasteiger partial charge is 0.394 e. The Kier molecular flexibility index (Phi) is 8.91. The lowest BCUT2D eigenvalue weighted by Gasteiger charge is -2.39. The minimum absolute atomic E-state index is 0.0105. The van der Waals surface area contributed by atoms with Gasteiger partial charge in [0.1, 0.15) is 48.8 Å². The molecule has 2 fully saturated rings. The first kappa shape index (κ1) is 25.4. The molecule has 182 valence electrons. The van der Waals surface area contributed by atoms with Gasteiger partial charge in [-0.25, -0.2) is 0 Å². The third kappa shape index (κ3) is 5.62. The summed E-state index contributed by atoms with van der Waals surface area (Å²) in [5.74, 6) is 0. The number of ether oxygens (including phenoxy) is 4. The second-order valence-corrected chi connectivity index (χ2v) is 7.83. The van der Waals surface area contributed by atoms with E-state index in [0.717, 1.165) is 0 Å². The Morgan fingerprint density at radius 2 is 0.906 bits per heavy atom. The maximum absolute atomic E-state index is 9.99. The predicted molar refractivity (Wildman–Crippen MR) is 104 cm³/mol. The maximum atomic E-state index is 9.99. The Balaban J connectivity index is 1.50. The van der Waals surface area contributed by atoms with Crippen molar-refractivity contribution in [3.8, 4) is 0 Å². The molecule has 2 saturated heterocycles. The lowest BCUT2D eigenvalue weighted by molar-refractivity contribution is -0.304. The topological polar surface area (TPSA) is 199 Å². The summed E-state index contributed by atoms with van der Waals surface area (Å²) >= 11 is 0. The number of aliphatic hydroxyl groups excluding tert-OH is 8. The predicted octanol–water partition coefficient (Wildman–Crippen LogP) is -3.68. The molecule has 12 nitrogen and oxygen atoms in total. The molecule has 0 saturated carbocycles. The Bertz CT molecular complexity index is 639. The number of hydrogen-bond acceptors (Lipinski definition) is 12. The highest BCUT2D eigenvalue weighted by molar-refractivity contribution is 5.21. The third-order valence-electron chi connectivity index (χ3n) is 5.55. The highest BCUT2D eigenvalue weighted by Gasteiger charge is 2.45. The van der Waals surface area contributed by atoms with Crippen molar-refractivity contribution >= 4 is 0 Å². The standard InChI is InChI=1S/C20H30O12/c21-5-11-13(23)15(25)17(27)19(31-11)29-7-9-1-2-10(4-3-9)8-30-20-18(28)16(26)14(24)12(6-22)32-20/h1-4,11-28H,5-8H2/t11-,12-,13-,14-,15+,16+,17+,18+,19?,20?/m1/s1. The van der Waals surface area contributed by atoms with Gasteiger partial charge in [0.25, 0.3) is 0 Å². The van der Waals surface area contributed by atoms with Crippen LogP contribution < -0.4 is 0 Å². The number of hydrogen-bond donors (Lipinski definition) is 8. The van der Waals surface area contributed by atoms with E-state index in [1.54, 1.807) is 24.3 Å². The minimum Gasteiger partial charge on any atom is -0.394 e. The monoisotopic (exact) mass is 462 g/mol. The fraction of sp³-hybridized carbons (Fsp3) is 0.700. The molecule has 3 rings (SSSR count). The van der Waals surface area contributed by atoms with Gasteiger partial charge in [-0.05, 0) is 11.1 Å². The Morgan fingerprint density at radius 1 is 0.562 bits per heavy atom. The van der Waals surface area contributed by atoms with Crippen molar-refractivity contribution in [1.82, 2.24) is 0 Å². The van der Waals surface area contributed by atoms with Gasteiger partial charge in [-0.15, -0.1) is 0 Å². The molecule has 1 aromatic rings. The summed E-state index contributed by atoms with van der Waals surface area (Å²) in [4.78, 5) is 0. The van der Waals surface area contributed by atoms with Crippen molar-refractivity contribution in [3.63, 3.8) is 0 Å². The van der Waals surface area contributed by atoms with Crippen molar-refractivity contribution in [2.24, 2.45) is 0 Å². The normalized spacial score (nSPS) is 40.4. The maximum Gasteiger partial charge on any atom is 0.187 e. The van der Waals surface area contributed by atoms with E-state index in [1.165, 1.54) is 0 Å².